The molecule has 1 N–H and O–H groups in total. The first-order valence-electron chi connectivity index (χ1n) is 8.62. The highest BCUT2D eigenvalue weighted by Gasteiger charge is 2.48. The van der Waals surface area contributed by atoms with Crippen LogP contribution in [0.1, 0.15) is 48.2 Å². The summed E-state index contributed by atoms with van der Waals surface area (Å²) < 4.78 is 0. The van der Waals surface area contributed by atoms with Crippen LogP contribution in [0.3, 0.4) is 0 Å². The highest BCUT2D eigenvalue weighted by Crippen LogP contribution is 2.41. The molecule has 136 valence electrons. The number of amides is 1. The second-order valence-electron chi connectivity index (χ2n) is 6.75. The van der Waals surface area contributed by atoms with Crippen LogP contribution in [0.4, 0.5) is 0 Å². The molecule has 0 saturated heterocycles. The molecule has 0 fully saturated rings. The molecule has 26 heavy (non-hydrogen) atoms. The van der Waals surface area contributed by atoms with Crippen molar-refractivity contribution < 1.29 is 9.90 Å². The maximum atomic E-state index is 12.7. The van der Waals surface area contributed by atoms with E-state index in [-0.39, 0.29) is 11.9 Å². The second-order valence-corrected chi connectivity index (χ2v) is 7.56. The summed E-state index contributed by atoms with van der Waals surface area (Å²) in [7, 11) is 0. The molecule has 0 aromatic heterocycles. The van der Waals surface area contributed by atoms with Gasteiger partial charge in [0.1, 0.15) is 0 Å². The minimum atomic E-state index is -1.29. The van der Waals surface area contributed by atoms with Crippen molar-refractivity contribution in [3.05, 3.63) is 75.3 Å². The van der Waals surface area contributed by atoms with Crippen LogP contribution >= 0.6 is 23.2 Å². The number of rotatable bonds is 5. The summed E-state index contributed by atoms with van der Waals surface area (Å²) in [6, 6.07) is 12.6. The van der Waals surface area contributed by atoms with E-state index in [1.165, 1.54) is 0 Å². The first-order chi connectivity index (χ1) is 12.3. The third kappa shape index (κ3) is 3.39. The highest BCUT2D eigenvalue weighted by atomic mass is 35.5. The molecule has 3 rings (SSSR count). The SMILES string of the molecule is CC(C)N1C(=O)c2ccccc2C1(O)CCC=Cc1ccc(Cl)c(Cl)c1. The Labute approximate surface area is 163 Å². The van der Waals surface area contributed by atoms with E-state index in [1.54, 1.807) is 23.1 Å². The van der Waals surface area contributed by atoms with E-state index < -0.39 is 5.72 Å². The van der Waals surface area contributed by atoms with Crippen LogP contribution in [-0.4, -0.2) is 22.0 Å². The van der Waals surface area contributed by atoms with Crippen LogP contribution in [0.15, 0.2) is 48.5 Å². The highest BCUT2D eigenvalue weighted by molar-refractivity contribution is 6.42. The molecule has 0 spiro atoms. The average Bonchev–Trinajstić information content (AvgIpc) is 2.83. The van der Waals surface area contributed by atoms with Crippen molar-refractivity contribution in [1.82, 2.24) is 4.90 Å². The van der Waals surface area contributed by atoms with Crippen LogP contribution in [0, 0.1) is 0 Å². The number of hydrogen-bond donors (Lipinski definition) is 1. The average molecular weight is 390 g/mol. The monoisotopic (exact) mass is 389 g/mol. The predicted molar refractivity (Wildman–Crippen MR) is 106 cm³/mol. The first-order valence-corrected chi connectivity index (χ1v) is 9.37. The quantitative estimate of drug-likeness (QED) is 0.733. The van der Waals surface area contributed by atoms with Gasteiger partial charge in [-0.1, -0.05) is 59.6 Å². The Morgan fingerprint density at radius 3 is 2.58 bits per heavy atom. The third-order valence-electron chi connectivity index (χ3n) is 4.64. The fourth-order valence-corrected chi connectivity index (χ4v) is 3.79. The minimum absolute atomic E-state index is 0.0982. The maximum Gasteiger partial charge on any atom is 0.257 e. The number of aliphatic hydroxyl groups is 1. The molecule has 0 aliphatic carbocycles. The predicted octanol–water partition coefficient (Wildman–Crippen LogP) is 5.50. The van der Waals surface area contributed by atoms with E-state index in [2.05, 4.69) is 0 Å². The number of allylic oxidation sites excluding steroid dienone is 1. The number of nitrogens with zero attached hydrogens (tertiary/aromatic N) is 1. The van der Waals surface area contributed by atoms with Crippen LogP contribution in [0.25, 0.3) is 6.08 Å². The minimum Gasteiger partial charge on any atom is -0.367 e. The van der Waals surface area contributed by atoms with Gasteiger partial charge >= 0.3 is 0 Å². The molecule has 1 amide bonds. The second kappa shape index (κ2) is 7.43. The topological polar surface area (TPSA) is 40.5 Å². The number of benzene rings is 2. The Hall–Kier alpha value is -1.81. The van der Waals surface area contributed by atoms with Crippen molar-refractivity contribution in [2.24, 2.45) is 0 Å². The molecule has 1 heterocycles. The molecule has 1 unspecified atom stereocenters. The van der Waals surface area contributed by atoms with Gasteiger partial charge in [0.15, 0.2) is 5.72 Å². The molecule has 3 nitrogen and oxygen atoms in total. The van der Waals surface area contributed by atoms with E-state index in [4.69, 9.17) is 23.2 Å². The van der Waals surface area contributed by atoms with Crippen LogP contribution < -0.4 is 0 Å². The molecule has 5 heteroatoms. The molecule has 0 radical (unpaired) electrons. The molecule has 1 atom stereocenters. The molecule has 2 aromatic carbocycles. The molecule has 0 bridgehead atoms. The Bertz CT molecular complexity index is 863. The van der Waals surface area contributed by atoms with E-state index in [9.17, 15) is 9.90 Å². The molecule has 1 aliphatic rings. The number of halogens is 2. The van der Waals surface area contributed by atoms with Gasteiger partial charge in [0.25, 0.3) is 5.91 Å². The van der Waals surface area contributed by atoms with Crippen molar-refractivity contribution in [3.8, 4) is 0 Å². The van der Waals surface area contributed by atoms with Crippen molar-refractivity contribution >= 4 is 35.2 Å². The van der Waals surface area contributed by atoms with Gasteiger partial charge < -0.3 is 10.0 Å². The van der Waals surface area contributed by atoms with Crippen molar-refractivity contribution in [3.63, 3.8) is 0 Å². The lowest BCUT2D eigenvalue weighted by Gasteiger charge is -2.37. The summed E-state index contributed by atoms with van der Waals surface area (Å²) in [6.07, 6.45) is 4.95. The number of carbonyl (C=O) groups excluding carboxylic acids is 1. The lowest BCUT2D eigenvalue weighted by Crippen LogP contribution is -2.47. The third-order valence-corrected chi connectivity index (χ3v) is 5.38. The van der Waals surface area contributed by atoms with Gasteiger partial charge in [-0.2, -0.15) is 0 Å². The van der Waals surface area contributed by atoms with Crippen LogP contribution in [0.5, 0.6) is 0 Å². The van der Waals surface area contributed by atoms with Gasteiger partial charge in [-0.05, 0) is 44.0 Å². The standard InChI is InChI=1S/C21H21Cl2NO2/c1-14(2)24-20(25)16-8-3-4-9-17(16)21(24,26)12-6-5-7-15-10-11-18(22)19(23)13-15/h3-5,7-11,13-14,26H,6,12H2,1-2H3. The Morgan fingerprint density at radius 1 is 1.15 bits per heavy atom. The van der Waals surface area contributed by atoms with Crippen LogP contribution in [-0.2, 0) is 5.72 Å². The van der Waals surface area contributed by atoms with Gasteiger partial charge in [0, 0.05) is 23.6 Å². The summed E-state index contributed by atoms with van der Waals surface area (Å²) in [5.74, 6) is -0.119. The van der Waals surface area contributed by atoms with E-state index in [1.807, 2.05) is 50.3 Å². The Balaban J connectivity index is 1.79. The normalized spacial score (nSPS) is 19.6. The van der Waals surface area contributed by atoms with Gasteiger partial charge in [-0.25, -0.2) is 0 Å². The smallest absolute Gasteiger partial charge is 0.257 e. The summed E-state index contributed by atoms with van der Waals surface area (Å²) in [5.41, 5.74) is 0.915. The summed E-state index contributed by atoms with van der Waals surface area (Å²) in [6.45, 7) is 3.83. The van der Waals surface area contributed by atoms with E-state index in [0.717, 1.165) is 5.56 Å². The van der Waals surface area contributed by atoms with Crippen molar-refractivity contribution in [2.75, 3.05) is 0 Å². The lowest BCUT2D eigenvalue weighted by atomic mass is 9.96. The number of hydrogen-bond acceptors (Lipinski definition) is 2. The Kier molecular flexibility index (Phi) is 5.42. The zero-order valence-electron chi connectivity index (χ0n) is 14.7. The van der Waals surface area contributed by atoms with Crippen molar-refractivity contribution in [1.29, 1.82) is 0 Å². The number of fused-ring (bicyclic) bond motifs is 1. The zero-order chi connectivity index (χ0) is 18.9. The van der Waals surface area contributed by atoms with Crippen LogP contribution in [0.2, 0.25) is 10.0 Å². The van der Waals surface area contributed by atoms with E-state index >= 15 is 0 Å². The van der Waals surface area contributed by atoms with Gasteiger partial charge in [-0.3, -0.25) is 4.79 Å². The van der Waals surface area contributed by atoms with Crippen molar-refractivity contribution in [2.45, 2.75) is 38.5 Å². The number of carbonyl (C=O) groups is 1. The molecule has 2 aromatic rings. The molecular formula is C21H21Cl2NO2. The summed E-state index contributed by atoms with van der Waals surface area (Å²) in [5, 5.41) is 12.4. The van der Waals surface area contributed by atoms with Gasteiger partial charge in [0.2, 0.25) is 0 Å². The zero-order valence-corrected chi connectivity index (χ0v) is 16.3. The Morgan fingerprint density at radius 2 is 1.88 bits per heavy atom. The fraction of sp³-hybridized carbons (Fsp3) is 0.286. The molecular weight excluding hydrogens is 369 g/mol. The summed E-state index contributed by atoms with van der Waals surface area (Å²) >= 11 is 12.0. The first kappa shape index (κ1) is 19.0. The fourth-order valence-electron chi connectivity index (χ4n) is 3.48. The molecule has 0 saturated carbocycles. The maximum absolute atomic E-state index is 12.7. The summed E-state index contributed by atoms with van der Waals surface area (Å²) in [4.78, 5) is 14.3. The van der Waals surface area contributed by atoms with Gasteiger partial charge in [-0.15, -0.1) is 0 Å². The lowest BCUT2D eigenvalue weighted by molar-refractivity contribution is -0.102. The van der Waals surface area contributed by atoms with E-state index in [0.29, 0.717) is 34.0 Å². The molecule has 1 aliphatic heterocycles. The largest absolute Gasteiger partial charge is 0.367 e. The van der Waals surface area contributed by atoms with Gasteiger partial charge in [0.05, 0.1) is 10.0 Å².